The fourth-order valence-electron chi connectivity index (χ4n) is 11.1. The molecule has 4 aliphatic rings. The van der Waals surface area contributed by atoms with E-state index in [2.05, 4.69) is 71.9 Å². The molecule has 0 bridgehead atoms. The number of unbranched alkanes of at least 4 members (excludes halogenated alkanes) is 8. The zero-order chi connectivity index (χ0) is 33.7. The van der Waals surface area contributed by atoms with Crippen LogP contribution in [-0.2, 0) is 9.53 Å². The van der Waals surface area contributed by atoms with Crippen LogP contribution in [-0.4, -0.2) is 12.1 Å². The molecule has 4 rings (SSSR count). The van der Waals surface area contributed by atoms with Crippen molar-refractivity contribution in [2.45, 2.75) is 195 Å². The summed E-state index contributed by atoms with van der Waals surface area (Å²) in [4.78, 5) is 12.8. The fraction of sp³-hybridized carbons (Fsp3) is 0.844. The van der Waals surface area contributed by atoms with Crippen LogP contribution in [0.2, 0.25) is 0 Å². The maximum Gasteiger partial charge on any atom is 0.306 e. The van der Waals surface area contributed by atoms with Crippen molar-refractivity contribution >= 4 is 5.97 Å². The number of carbonyl (C=O) groups excluding carboxylic acids is 1. The standard InChI is InChI=1S/C45H76O2/c1-7-8-9-10-11-12-13-14-15-16-17-18-19-20-21-25-43(46)47-38-30-32-44(5)37(34-38)26-27-39-41-29-28-40(36(4)24-22-23-35(2)3)45(41,6)33-31-42(39)44/h11-12,14-15,26,35-36,38-42H,7-10,13,16-25,27-34H2,1-6H3/b12-11+,15-14+/t36-,38-,39-,40+,41-,42-,44-,45+/m0/s1. The lowest BCUT2D eigenvalue weighted by atomic mass is 9.47. The molecular formula is C45H76O2. The van der Waals surface area contributed by atoms with Gasteiger partial charge < -0.3 is 4.74 Å². The SMILES string of the molecule is CCCCC/C=C/C/C=C/CCCCCCCC(=O)O[C@H]1CC[C@@]2(C)C(=CC[C@H]3[C@@H]4CC[C@H]([C@@H](C)CCCC(C)C)[C@@]4(C)CC[C@@H]32)C1. The molecule has 2 heteroatoms. The first-order valence-corrected chi connectivity index (χ1v) is 20.9. The van der Waals surface area contributed by atoms with Gasteiger partial charge in [0.1, 0.15) is 6.10 Å². The van der Waals surface area contributed by atoms with Crippen LogP contribution < -0.4 is 0 Å². The van der Waals surface area contributed by atoms with E-state index in [1.807, 2.05) is 0 Å². The number of hydrogen-bond donors (Lipinski definition) is 0. The molecule has 0 spiro atoms. The Morgan fingerprint density at radius 3 is 2.30 bits per heavy atom. The van der Waals surface area contributed by atoms with Crippen LogP contribution in [0.3, 0.4) is 0 Å². The van der Waals surface area contributed by atoms with Gasteiger partial charge in [0.25, 0.3) is 0 Å². The van der Waals surface area contributed by atoms with Crippen LogP contribution in [0.5, 0.6) is 0 Å². The zero-order valence-corrected chi connectivity index (χ0v) is 32.0. The Morgan fingerprint density at radius 1 is 0.830 bits per heavy atom. The van der Waals surface area contributed by atoms with E-state index in [1.54, 1.807) is 5.57 Å². The van der Waals surface area contributed by atoms with E-state index in [9.17, 15) is 4.79 Å². The van der Waals surface area contributed by atoms with E-state index < -0.39 is 0 Å². The quantitative estimate of drug-likeness (QED) is 0.0746. The van der Waals surface area contributed by atoms with E-state index in [4.69, 9.17) is 4.74 Å². The maximum atomic E-state index is 12.8. The Hall–Kier alpha value is -1.31. The number of fused-ring (bicyclic) bond motifs is 5. The van der Waals surface area contributed by atoms with Crippen molar-refractivity contribution in [1.82, 2.24) is 0 Å². The minimum absolute atomic E-state index is 0.0477. The van der Waals surface area contributed by atoms with Crippen molar-refractivity contribution in [3.63, 3.8) is 0 Å². The summed E-state index contributed by atoms with van der Waals surface area (Å²) in [6, 6.07) is 0. The molecule has 0 aromatic rings. The average Bonchev–Trinajstić information content (AvgIpc) is 3.40. The summed E-state index contributed by atoms with van der Waals surface area (Å²) in [5.74, 6) is 5.30. The zero-order valence-electron chi connectivity index (χ0n) is 32.0. The second kappa shape index (κ2) is 19.2. The molecule has 8 atom stereocenters. The van der Waals surface area contributed by atoms with Gasteiger partial charge in [-0.25, -0.2) is 0 Å². The Kier molecular flexibility index (Phi) is 15.7. The van der Waals surface area contributed by atoms with Gasteiger partial charge in [-0.2, -0.15) is 0 Å². The molecule has 47 heavy (non-hydrogen) atoms. The maximum absolute atomic E-state index is 12.8. The average molecular weight is 649 g/mol. The molecule has 0 aliphatic heterocycles. The highest BCUT2D eigenvalue weighted by Gasteiger charge is 2.59. The van der Waals surface area contributed by atoms with Gasteiger partial charge in [0, 0.05) is 12.8 Å². The number of hydrogen-bond acceptors (Lipinski definition) is 2. The highest BCUT2D eigenvalue weighted by molar-refractivity contribution is 5.69. The van der Waals surface area contributed by atoms with E-state index >= 15 is 0 Å². The Labute approximate surface area is 292 Å². The first-order chi connectivity index (χ1) is 22.7. The first-order valence-electron chi connectivity index (χ1n) is 20.9. The molecule has 0 N–H and O–H groups in total. The summed E-state index contributed by atoms with van der Waals surface area (Å²) < 4.78 is 6.12. The van der Waals surface area contributed by atoms with E-state index in [1.165, 1.54) is 109 Å². The van der Waals surface area contributed by atoms with Crippen LogP contribution in [0.4, 0.5) is 0 Å². The van der Waals surface area contributed by atoms with Crippen LogP contribution in [0.25, 0.3) is 0 Å². The highest BCUT2D eigenvalue weighted by atomic mass is 16.5. The lowest BCUT2D eigenvalue weighted by molar-refractivity contribution is -0.151. The monoisotopic (exact) mass is 649 g/mol. The smallest absolute Gasteiger partial charge is 0.306 e. The summed E-state index contributed by atoms with van der Waals surface area (Å²) in [5.41, 5.74) is 2.52. The van der Waals surface area contributed by atoms with Gasteiger partial charge in [-0.05, 0) is 130 Å². The second-order valence-electron chi connectivity index (χ2n) is 17.6. The Balaban J connectivity index is 1.13. The van der Waals surface area contributed by atoms with Gasteiger partial charge in [-0.3, -0.25) is 4.79 Å². The molecule has 3 fully saturated rings. The third-order valence-electron chi connectivity index (χ3n) is 13.9. The molecule has 3 saturated carbocycles. The fourth-order valence-corrected chi connectivity index (χ4v) is 11.1. The first kappa shape index (κ1) is 38.5. The molecule has 268 valence electrons. The highest BCUT2D eigenvalue weighted by Crippen LogP contribution is 2.67. The number of ether oxygens (including phenoxy) is 1. The van der Waals surface area contributed by atoms with Gasteiger partial charge in [0.2, 0.25) is 0 Å². The van der Waals surface area contributed by atoms with Gasteiger partial charge in [0.05, 0.1) is 0 Å². The van der Waals surface area contributed by atoms with Crippen LogP contribution in [0, 0.1) is 46.3 Å². The topological polar surface area (TPSA) is 26.3 Å². The normalized spacial score (nSPS) is 32.7. The van der Waals surface area contributed by atoms with Gasteiger partial charge >= 0.3 is 5.97 Å². The number of allylic oxidation sites excluding steroid dienone is 5. The van der Waals surface area contributed by atoms with Gasteiger partial charge in [0.15, 0.2) is 0 Å². The van der Waals surface area contributed by atoms with E-state index in [-0.39, 0.29) is 12.1 Å². The third kappa shape index (κ3) is 10.6. The molecule has 0 amide bonds. The van der Waals surface area contributed by atoms with Crippen molar-refractivity contribution in [3.05, 3.63) is 36.0 Å². The molecule has 0 aromatic heterocycles. The molecule has 0 radical (unpaired) electrons. The van der Waals surface area contributed by atoms with E-state index in [0.717, 1.165) is 67.6 Å². The van der Waals surface area contributed by atoms with Crippen molar-refractivity contribution in [3.8, 4) is 0 Å². The minimum atomic E-state index is 0.0477. The lowest BCUT2D eigenvalue weighted by Crippen LogP contribution is -2.51. The van der Waals surface area contributed by atoms with Crippen molar-refractivity contribution in [1.29, 1.82) is 0 Å². The summed E-state index contributed by atoms with van der Waals surface area (Å²) in [7, 11) is 0. The Morgan fingerprint density at radius 2 is 1.55 bits per heavy atom. The summed E-state index contributed by atoms with van der Waals surface area (Å²) in [5, 5.41) is 0. The van der Waals surface area contributed by atoms with Gasteiger partial charge in [-0.15, -0.1) is 0 Å². The lowest BCUT2D eigenvalue weighted by Gasteiger charge is -2.58. The molecule has 0 unspecified atom stereocenters. The predicted molar refractivity (Wildman–Crippen MR) is 202 cm³/mol. The summed E-state index contributed by atoms with van der Waals surface area (Å²) in [6.45, 7) is 14.9. The summed E-state index contributed by atoms with van der Waals surface area (Å²) in [6.07, 6.45) is 40.5. The summed E-state index contributed by atoms with van der Waals surface area (Å²) >= 11 is 0. The Bertz CT molecular complexity index is 1020. The van der Waals surface area contributed by atoms with Gasteiger partial charge in [-0.1, -0.05) is 129 Å². The van der Waals surface area contributed by atoms with Crippen LogP contribution >= 0.6 is 0 Å². The molecule has 0 saturated heterocycles. The van der Waals surface area contributed by atoms with Crippen molar-refractivity contribution in [2.24, 2.45) is 46.3 Å². The van der Waals surface area contributed by atoms with Crippen LogP contribution in [0.1, 0.15) is 189 Å². The van der Waals surface area contributed by atoms with Crippen molar-refractivity contribution < 1.29 is 9.53 Å². The third-order valence-corrected chi connectivity index (χ3v) is 13.9. The number of carbonyl (C=O) groups is 1. The minimum Gasteiger partial charge on any atom is -0.462 e. The molecular weight excluding hydrogens is 572 g/mol. The molecule has 4 aliphatic carbocycles. The molecule has 0 heterocycles. The molecule has 0 aromatic carbocycles. The van der Waals surface area contributed by atoms with E-state index in [0.29, 0.717) is 17.3 Å². The number of esters is 1. The second-order valence-corrected chi connectivity index (χ2v) is 17.6. The molecule has 2 nitrogen and oxygen atoms in total. The largest absolute Gasteiger partial charge is 0.462 e. The van der Waals surface area contributed by atoms with Crippen LogP contribution in [0.15, 0.2) is 36.0 Å². The number of rotatable bonds is 20. The predicted octanol–water partition coefficient (Wildman–Crippen LogP) is 13.8. The van der Waals surface area contributed by atoms with Crippen molar-refractivity contribution in [2.75, 3.05) is 0 Å².